The number of hydrogen-bond donors (Lipinski definition) is 3. The molecule has 3 aromatic rings. The molecule has 13 heteroatoms. The first kappa shape index (κ1) is 51.0. The van der Waals surface area contributed by atoms with Gasteiger partial charge in [0.05, 0.1) is 6.04 Å². The monoisotopic (exact) mass is 836 g/mol. The third-order valence-electron chi connectivity index (χ3n) is 10.2. The van der Waals surface area contributed by atoms with Crippen LogP contribution in [-0.4, -0.2) is 81.8 Å². The van der Waals surface area contributed by atoms with Gasteiger partial charge in [-0.1, -0.05) is 85.2 Å². The van der Waals surface area contributed by atoms with Crippen molar-refractivity contribution in [2.45, 2.75) is 119 Å². The van der Waals surface area contributed by atoms with Crippen molar-refractivity contribution in [2.75, 3.05) is 26.2 Å². The van der Waals surface area contributed by atoms with Crippen LogP contribution in [0.2, 0.25) is 0 Å². The molecule has 0 aliphatic carbocycles. The number of halogens is 2. The van der Waals surface area contributed by atoms with Crippen molar-refractivity contribution >= 4 is 30.1 Å². The molecule has 330 valence electrons. The Kier molecular flexibility index (Phi) is 22.2. The summed E-state index contributed by atoms with van der Waals surface area (Å²) in [5.74, 6) is -0.850. The van der Waals surface area contributed by atoms with Crippen molar-refractivity contribution in [1.29, 1.82) is 0 Å². The number of carbonyl (C=O) groups excluding carboxylic acids is 4. The molecule has 4 amide bonds. The molecule has 1 aromatic heterocycles. The van der Waals surface area contributed by atoms with Crippen LogP contribution in [0.1, 0.15) is 118 Å². The van der Waals surface area contributed by atoms with Crippen LogP contribution < -0.4 is 10.6 Å². The molecule has 0 saturated carbocycles. The first-order chi connectivity index (χ1) is 28.6. The Bertz CT molecular complexity index is 1820. The number of benzene rings is 2. The van der Waals surface area contributed by atoms with E-state index in [0.29, 0.717) is 44.0 Å². The predicted molar refractivity (Wildman–Crippen MR) is 233 cm³/mol. The maximum Gasteiger partial charge on any atom is 0.290 e. The Hall–Kier alpha value is -5.17. The van der Waals surface area contributed by atoms with E-state index in [-0.39, 0.29) is 53.2 Å². The van der Waals surface area contributed by atoms with Crippen LogP contribution in [0.5, 0.6) is 0 Å². The largest absolute Gasteiger partial charge is 0.483 e. The van der Waals surface area contributed by atoms with E-state index < -0.39 is 11.6 Å². The highest BCUT2D eigenvalue weighted by molar-refractivity contribution is 6.12. The molecule has 1 fully saturated rings. The van der Waals surface area contributed by atoms with Gasteiger partial charge >= 0.3 is 0 Å². The zero-order valence-corrected chi connectivity index (χ0v) is 36.8. The molecule has 2 aliphatic rings. The maximum absolute atomic E-state index is 14.8. The summed E-state index contributed by atoms with van der Waals surface area (Å²) in [4.78, 5) is 59.0. The summed E-state index contributed by atoms with van der Waals surface area (Å²) in [7, 11) is 0. The molecule has 11 nitrogen and oxygen atoms in total. The zero-order chi connectivity index (χ0) is 44.8. The topological polar surface area (TPSA) is 141 Å². The standard InChI is InChI=1S/C30H37F2N3O.C14H22N2O3.C2H6.CH2O2/c1-5-28(36)35(19-22-13-14-33-17-22)29(30(2,3)4)27-15-23(25-16-24(31)11-12-26(25)32)20-34(27)18-21-9-7-6-8-10-21;1-3-11(2)15-12(17)7-5-4-6-10-16-13(18)8-9-14(16)19;1-2;2-1-3/h6-12,15-16,20,22,29,33H,5,13-14,17-19H2,1-4H3;8-9,11H,3-7,10H2,1-2H3,(H,15,17);1-2H3;1H,(H,2,3). The van der Waals surface area contributed by atoms with E-state index in [0.717, 1.165) is 62.5 Å². The second-order valence-corrected chi connectivity index (χ2v) is 15.9. The molecule has 5 rings (SSSR count). The van der Waals surface area contributed by atoms with Gasteiger partial charge < -0.3 is 25.2 Å². The molecule has 0 bridgehead atoms. The molecule has 0 spiro atoms. The average Bonchev–Trinajstić information content (AvgIpc) is 3.97. The van der Waals surface area contributed by atoms with Crippen molar-refractivity contribution in [3.8, 4) is 11.1 Å². The van der Waals surface area contributed by atoms with E-state index in [1.807, 2.05) is 70.0 Å². The second-order valence-electron chi connectivity index (χ2n) is 15.9. The highest BCUT2D eigenvalue weighted by Crippen LogP contribution is 2.42. The van der Waals surface area contributed by atoms with Gasteiger partial charge in [0.1, 0.15) is 11.6 Å². The summed E-state index contributed by atoms with van der Waals surface area (Å²) in [6.07, 6.45) is 9.73. The van der Waals surface area contributed by atoms with Gasteiger partial charge in [0.25, 0.3) is 18.3 Å². The van der Waals surface area contributed by atoms with Crippen molar-refractivity contribution in [3.05, 3.63) is 95.8 Å². The van der Waals surface area contributed by atoms with E-state index in [1.165, 1.54) is 29.2 Å². The summed E-state index contributed by atoms with van der Waals surface area (Å²) >= 11 is 0. The summed E-state index contributed by atoms with van der Waals surface area (Å²) in [5, 5.41) is 13.2. The van der Waals surface area contributed by atoms with Crippen molar-refractivity contribution in [3.63, 3.8) is 0 Å². The van der Waals surface area contributed by atoms with Gasteiger partial charge in [-0.05, 0) is 86.9 Å². The number of aromatic nitrogens is 1. The minimum atomic E-state index is -0.479. The van der Waals surface area contributed by atoms with Crippen molar-refractivity contribution < 1.29 is 37.9 Å². The molecule has 0 radical (unpaired) electrons. The number of rotatable bonds is 16. The number of carbonyl (C=O) groups is 5. The Labute approximate surface area is 355 Å². The highest BCUT2D eigenvalue weighted by Gasteiger charge is 2.38. The van der Waals surface area contributed by atoms with Crippen LogP contribution >= 0.6 is 0 Å². The zero-order valence-electron chi connectivity index (χ0n) is 36.8. The lowest BCUT2D eigenvalue weighted by Gasteiger charge is -2.42. The van der Waals surface area contributed by atoms with Crippen LogP contribution in [0.3, 0.4) is 0 Å². The summed E-state index contributed by atoms with van der Waals surface area (Å²) in [6.45, 7) is 19.6. The van der Waals surface area contributed by atoms with Gasteiger partial charge in [0, 0.05) is 73.7 Å². The number of amides is 4. The number of carboxylic acid groups (broad SMARTS) is 1. The predicted octanol–water partition coefficient (Wildman–Crippen LogP) is 8.53. The van der Waals surface area contributed by atoms with Gasteiger partial charge in [-0.2, -0.15) is 0 Å². The van der Waals surface area contributed by atoms with Gasteiger partial charge in [-0.25, -0.2) is 8.78 Å². The minimum Gasteiger partial charge on any atom is -0.483 e. The second kappa shape index (κ2) is 26.1. The van der Waals surface area contributed by atoms with Crippen LogP contribution in [0.15, 0.2) is 72.9 Å². The minimum absolute atomic E-state index is 0.0735. The Morgan fingerprint density at radius 1 is 1.00 bits per heavy atom. The normalized spacial score (nSPS) is 15.4. The first-order valence-corrected chi connectivity index (χ1v) is 21.2. The fourth-order valence-electron chi connectivity index (χ4n) is 7.15. The maximum atomic E-state index is 14.8. The van der Waals surface area contributed by atoms with Crippen LogP contribution in [-0.2, 0) is 30.5 Å². The van der Waals surface area contributed by atoms with Crippen LogP contribution in [0, 0.1) is 23.0 Å². The third kappa shape index (κ3) is 16.1. The summed E-state index contributed by atoms with van der Waals surface area (Å²) < 4.78 is 31.0. The van der Waals surface area contributed by atoms with Crippen LogP contribution in [0.25, 0.3) is 11.1 Å². The van der Waals surface area contributed by atoms with E-state index >= 15 is 0 Å². The average molecular weight is 836 g/mol. The first-order valence-electron chi connectivity index (χ1n) is 21.2. The third-order valence-corrected chi connectivity index (χ3v) is 10.2. The quantitative estimate of drug-likeness (QED) is 0.0747. The highest BCUT2D eigenvalue weighted by atomic mass is 19.1. The van der Waals surface area contributed by atoms with Gasteiger partial charge in [-0.3, -0.25) is 28.9 Å². The number of nitrogens with one attached hydrogen (secondary N) is 2. The fraction of sp³-hybridized carbons (Fsp3) is 0.511. The number of unbranched alkanes of at least 4 members (excludes halogenated alkanes) is 2. The Morgan fingerprint density at radius 2 is 1.65 bits per heavy atom. The molecule has 2 aliphatic heterocycles. The lowest BCUT2D eigenvalue weighted by atomic mass is 9.82. The van der Waals surface area contributed by atoms with Gasteiger partial charge in [0.15, 0.2) is 0 Å². The summed E-state index contributed by atoms with van der Waals surface area (Å²) in [5.41, 5.74) is 2.57. The molecule has 3 unspecified atom stereocenters. The van der Waals surface area contributed by atoms with Crippen molar-refractivity contribution in [1.82, 2.24) is 25.0 Å². The summed E-state index contributed by atoms with van der Waals surface area (Å²) in [6, 6.07) is 15.5. The molecule has 3 N–H and O–H groups in total. The Morgan fingerprint density at radius 3 is 2.22 bits per heavy atom. The SMILES string of the molecule is CC.CCC(=O)N(CC1CCNC1)C(c1cc(-c2cc(F)ccc2F)cn1Cc1ccccc1)C(C)(C)C.CCC(C)NC(=O)CCCCCN1C(=O)C=CC1=O.O=CO. The van der Waals surface area contributed by atoms with Gasteiger partial charge in [-0.15, -0.1) is 0 Å². The molecule has 2 aromatic carbocycles. The van der Waals surface area contributed by atoms with Crippen LogP contribution in [0.4, 0.5) is 8.78 Å². The van der Waals surface area contributed by atoms with E-state index in [4.69, 9.17) is 9.90 Å². The lowest BCUT2D eigenvalue weighted by Crippen LogP contribution is -2.44. The molecular formula is C47H67F2N5O6. The van der Waals surface area contributed by atoms with Gasteiger partial charge in [0.2, 0.25) is 11.8 Å². The lowest BCUT2D eigenvalue weighted by molar-refractivity contribution is -0.138. The van der Waals surface area contributed by atoms with E-state index in [2.05, 4.69) is 48.1 Å². The van der Waals surface area contributed by atoms with E-state index in [9.17, 15) is 28.0 Å². The molecule has 1 saturated heterocycles. The number of imide groups is 1. The molecule has 3 heterocycles. The fourth-order valence-corrected chi connectivity index (χ4v) is 7.15. The molecule has 60 heavy (non-hydrogen) atoms. The van der Waals surface area contributed by atoms with E-state index in [1.54, 1.807) is 0 Å². The number of nitrogens with zero attached hydrogens (tertiary/aromatic N) is 3. The molecular weight excluding hydrogens is 769 g/mol. The molecule has 3 atom stereocenters. The smallest absolute Gasteiger partial charge is 0.290 e. The Balaban J connectivity index is 0.000000435. The number of hydrogen-bond acceptors (Lipinski definition) is 6. The van der Waals surface area contributed by atoms with Crippen molar-refractivity contribution in [2.24, 2.45) is 11.3 Å².